The SMILES string of the molecule is C/C=C\C(=C/c1ccc([N+](=O)[O-])cc1)N1CCOC1=O. The predicted octanol–water partition coefficient (Wildman–Crippen LogP) is 2.96. The summed E-state index contributed by atoms with van der Waals surface area (Å²) < 4.78 is 4.90. The van der Waals surface area contributed by atoms with Crippen LogP contribution in [0.3, 0.4) is 0 Å². The highest BCUT2D eigenvalue weighted by atomic mass is 16.6. The van der Waals surface area contributed by atoms with Gasteiger partial charge in [0, 0.05) is 17.8 Å². The van der Waals surface area contributed by atoms with E-state index in [1.807, 2.05) is 13.0 Å². The Morgan fingerprint density at radius 1 is 1.40 bits per heavy atom. The fraction of sp³-hybridized carbons (Fsp3) is 0.214. The molecule has 104 valence electrons. The van der Waals surface area contributed by atoms with E-state index < -0.39 is 4.92 Å². The Hall–Kier alpha value is -2.63. The molecule has 0 bridgehead atoms. The summed E-state index contributed by atoms with van der Waals surface area (Å²) in [5.41, 5.74) is 1.52. The van der Waals surface area contributed by atoms with Gasteiger partial charge in [-0.25, -0.2) is 4.79 Å². The van der Waals surface area contributed by atoms with Gasteiger partial charge in [-0.3, -0.25) is 15.0 Å². The largest absolute Gasteiger partial charge is 0.447 e. The minimum atomic E-state index is -0.446. The number of ether oxygens (including phenoxy) is 1. The Labute approximate surface area is 116 Å². The maximum absolute atomic E-state index is 11.6. The first-order valence-electron chi connectivity index (χ1n) is 6.15. The number of carbonyl (C=O) groups is 1. The Morgan fingerprint density at radius 2 is 2.10 bits per heavy atom. The molecule has 0 N–H and O–H groups in total. The van der Waals surface area contributed by atoms with E-state index in [-0.39, 0.29) is 11.8 Å². The van der Waals surface area contributed by atoms with Crippen LogP contribution in [-0.4, -0.2) is 29.1 Å². The Balaban J connectivity index is 2.28. The zero-order chi connectivity index (χ0) is 14.5. The molecule has 1 aromatic carbocycles. The topological polar surface area (TPSA) is 72.7 Å². The molecule has 0 unspecified atom stereocenters. The molecule has 6 nitrogen and oxygen atoms in total. The monoisotopic (exact) mass is 274 g/mol. The molecule has 6 heteroatoms. The van der Waals surface area contributed by atoms with E-state index in [2.05, 4.69) is 0 Å². The van der Waals surface area contributed by atoms with E-state index in [4.69, 9.17) is 4.74 Å². The van der Waals surface area contributed by atoms with Crippen molar-refractivity contribution >= 4 is 17.9 Å². The van der Waals surface area contributed by atoms with E-state index >= 15 is 0 Å². The number of hydrogen-bond donors (Lipinski definition) is 0. The third-order valence-electron chi connectivity index (χ3n) is 2.83. The highest BCUT2D eigenvalue weighted by Crippen LogP contribution is 2.19. The van der Waals surface area contributed by atoms with Crippen molar-refractivity contribution < 1.29 is 14.5 Å². The van der Waals surface area contributed by atoms with Crippen LogP contribution in [0.15, 0.2) is 42.1 Å². The van der Waals surface area contributed by atoms with Gasteiger partial charge >= 0.3 is 6.09 Å². The molecular weight excluding hydrogens is 260 g/mol. The normalized spacial score (nSPS) is 15.8. The first-order chi connectivity index (χ1) is 9.61. The molecule has 0 aromatic heterocycles. The lowest BCUT2D eigenvalue weighted by Gasteiger charge is -2.13. The quantitative estimate of drug-likeness (QED) is 0.480. The summed E-state index contributed by atoms with van der Waals surface area (Å²) in [5.74, 6) is 0. The van der Waals surface area contributed by atoms with Crippen molar-refractivity contribution in [3.63, 3.8) is 0 Å². The number of nitrogens with zero attached hydrogens (tertiary/aromatic N) is 2. The van der Waals surface area contributed by atoms with E-state index in [1.54, 1.807) is 24.3 Å². The second-order valence-electron chi connectivity index (χ2n) is 4.18. The molecule has 0 spiro atoms. The van der Waals surface area contributed by atoms with E-state index in [0.717, 1.165) is 5.56 Å². The number of amides is 1. The zero-order valence-corrected chi connectivity index (χ0v) is 11.0. The second kappa shape index (κ2) is 6.01. The smallest absolute Gasteiger partial charge is 0.414 e. The van der Waals surface area contributed by atoms with Crippen LogP contribution >= 0.6 is 0 Å². The molecule has 1 saturated heterocycles. The fourth-order valence-corrected chi connectivity index (χ4v) is 1.88. The van der Waals surface area contributed by atoms with Gasteiger partial charge in [0.05, 0.1) is 11.5 Å². The third kappa shape index (κ3) is 3.03. The van der Waals surface area contributed by atoms with Crippen LogP contribution < -0.4 is 0 Å². The highest BCUT2D eigenvalue weighted by molar-refractivity contribution is 5.75. The fourth-order valence-electron chi connectivity index (χ4n) is 1.88. The zero-order valence-electron chi connectivity index (χ0n) is 11.0. The number of non-ortho nitro benzene ring substituents is 1. The van der Waals surface area contributed by atoms with Gasteiger partial charge in [-0.1, -0.05) is 6.08 Å². The number of allylic oxidation sites excluding steroid dienone is 2. The van der Waals surface area contributed by atoms with Gasteiger partial charge in [0.25, 0.3) is 5.69 Å². The van der Waals surface area contributed by atoms with Crippen molar-refractivity contribution in [2.75, 3.05) is 13.2 Å². The molecule has 1 fully saturated rings. The van der Waals surface area contributed by atoms with Crippen molar-refractivity contribution in [3.8, 4) is 0 Å². The number of rotatable bonds is 4. The number of hydrogen-bond acceptors (Lipinski definition) is 4. The van der Waals surface area contributed by atoms with Gasteiger partial charge < -0.3 is 4.74 Å². The summed E-state index contributed by atoms with van der Waals surface area (Å²) in [6, 6.07) is 6.15. The first-order valence-corrected chi connectivity index (χ1v) is 6.15. The summed E-state index contributed by atoms with van der Waals surface area (Å²) >= 11 is 0. The van der Waals surface area contributed by atoms with Crippen LogP contribution in [0.2, 0.25) is 0 Å². The van der Waals surface area contributed by atoms with Crippen LogP contribution in [0.4, 0.5) is 10.5 Å². The van der Waals surface area contributed by atoms with Crippen LogP contribution in [0, 0.1) is 10.1 Å². The van der Waals surface area contributed by atoms with Crippen LogP contribution in [-0.2, 0) is 4.74 Å². The minimum absolute atomic E-state index is 0.0373. The highest BCUT2D eigenvalue weighted by Gasteiger charge is 2.24. The number of benzene rings is 1. The summed E-state index contributed by atoms with van der Waals surface area (Å²) in [6.45, 7) is 2.72. The van der Waals surface area contributed by atoms with Gasteiger partial charge in [0.2, 0.25) is 0 Å². The molecule has 0 radical (unpaired) electrons. The molecule has 1 aliphatic heterocycles. The number of nitro groups is 1. The number of cyclic esters (lactones) is 1. The molecule has 0 aliphatic carbocycles. The molecule has 1 heterocycles. The maximum atomic E-state index is 11.6. The lowest BCUT2D eigenvalue weighted by atomic mass is 10.1. The van der Waals surface area contributed by atoms with Crippen molar-refractivity contribution in [3.05, 3.63) is 57.8 Å². The molecule has 20 heavy (non-hydrogen) atoms. The Kier molecular flexibility index (Phi) is 4.14. The van der Waals surface area contributed by atoms with Crippen LogP contribution in [0.5, 0.6) is 0 Å². The molecule has 1 aliphatic rings. The van der Waals surface area contributed by atoms with Crippen LogP contribution in [0.1, 0.15) is 12.5 Å². The summed E-state index contributed by atoms with van der Waals surface area (Å²) in [7, 11) is 0. The third-order valence-corrected chi connectivity index (χ3v) is 2.83. The van der Waals surface area contributed by atoms with Crippen molar-refractivity contribution in [1.82, 2.24) is 4.90 Å². The molecule has 2 rings (SSSR count). The van der Waals surface area contributed by atoms with Gasteiger partial charge in [0.15, 0.2) is 0 Å². The molecule has 1 amide bonds. The number of carbonyl (C=O) groups excluding carboxylic acids is 1. The standard InChI is InChI=1S/C14H14N2O4/c1-2-3-13(15-8-9-20-14(15)17)10-11-4-6-12(7-5-11)16(18)19/h2-7,10H,8-9H2,1H3/b3-2-,13-10+. The van der Waals surface area contributed by atoms with E-state index in [1.165, 1.54) is 17.0 Å². The second-order valence-corrected chi connectivity index (χ2v) is 4.18. The van der Waals surface area contributed by atoms with Crippen molar-refractivity contribution in [1.29, 1.82) is 0 Å². The Morgan fingerprint density at radius 3 is 2.60 bits per heavy atom. The minimum Gasteiger partial charge on any atom is -0.447 e. The average Bonchev–Trinajstić information content (AvgIpc) is 2.85. The summed E-state index contributed by atoms with van der Waals surface area (Å²) in [5, 5.41) is 10.6. The van der Waals surface area contributed by atoms with Crippen molar-refractivity contribution in [2.45, 2.75) is 6.92 Å². The summed E-state index contributed by atoms with van der Waals surface area (Å²) in [6.07, 6.45) is 5.03. The van der Waals surface area contributed by atoms with Gasteiger partial charge in [-0.05, 0) is 36.8 Å². The summed E-state index contributed by atoms with van der Waals surface area (Å²) in [4.78, 5) is 23.2. The maximum Gasteiger partial charge on any atom is 0.414 e. The van der Waals surface area contributed by atoms with Gasteiger partial charge in [0.1, 0.15) is 6.61 Å². The van der Waals surface area contributed by atoms with E-state index in [0.29, 0.717) is 18.8 Å². The van der Waals surface area contributed by atoms with Gasteiger partial charge in [-0.15, -0.1) is 0 Å². The first kappa shape index (κ1) is 13.8. The average molecular weight is 274 g/mol. The van der Waals surface area contributed by atoms with Crippen LogP contribution in [0.25, 0.3) is 6.08 Å². The molecule has 1 aromatic rings. The lowest BCUT2D eigenvalue weighted by Crippen LogP contribution is -2.22. The lowest BCUT2D eigenvalue weighted by molar-refractivity contribution is -0.384. The van der Waals surface area contributed by atoms with Crippen molar-refractivity contribution in [2.24, 2.45) is 0 Å². The van der Waals surface area contributed by atoms with E-state index in [9.17, 15) is 14.9 Å². The molecule has 0 saturated carbocycles. The Bertz CT molecular complexity index is 575. The molecular formula is C14H14N2O4. The van der Waals surface area contributed by atoms with Gasteiger partial charge in [-0.2, -0.15) is 0 Å². The predicted molar refractivity (Wildman–Crippen MR) is 73.9 cm³/mol. The molecule has 0 atom stereocenters. The number of nitro benzene ring substituents is 1.